The Kier molecular flexibility index (Phi) is 2.60. The van der Waals surface area contributed by atoms with Gasteiger partial charge < -0.3 is 14.3 Å². The molecule has 2 aromatic heterocycles. The van der Waals surface area contributed by atoms with Gasteiger partial charge in [0.05, 0.1) is 11.5 Å². The predicted molar refractivity (Wildman–Crippen MR) is 64.5 cm³/mol. The van der Waals surface area contributed by atoms with Crippen LogP contribution in [0, 0.1) is 10.1 Å². The van der Waals surface area contributed by atoms with Crippen molar-refractivity contribution in [1.29, 1.82) is 0 Å². The number of hydrogen-bond donors (Lipinski definition) is 1. The summed E-state index contributed by atoms with van der Waals surface area (Å²) < 4.78 is 10.1. The Balaban J connectivity index is 1.89. The van der Waals surface area contributed by atoms with Crippen LogP contribution in [0.1, 0.15) is 5.69 Å². The largest absolute Gasteiger partial charge is 0.423 e. The van der Waals surface area contributed by atoms with Gasteiger partial charge in [0.2, 0.25) is 0 Å². The van der Waals surface area contributed by atoms with Crippen molar-refractivity contribution in [2.75, 3.05) is 5.32 Å². The minimum absolute atomic E-state index is 0.0873. The van der Waals surface area contributed by atoms with E-state index in [4.69, 9.17) is 4.42 Å². The number of anilines is 1. The summed E-state index contributed by atoms with van der Waals surface area (Å²) in [6, 6.07) is 6.45. The van der Waals surface area contributed by atoms with Crippen molar-refractivity contribution in [2.24, 2.45) is 0 Å². The molecule has 0 bridgehead atoms. The molecule has 19 heavy (non-hydrogen) atoms. The fourth-order valence-electron chi connectivity index (χ4n) is 1.65. The fourth-order valence-corrected chi connectivity index (χ4v) is 1.65. The first-order chi connectivity index (χ1) is 9.24. The van der Waals surface area contributed by atoms with Gasteiger partial charge in [-0.05, 0) is 6.07 Å². The van der Waals surface area contributed by atoms with Gasteiger partial charge in [-0.2, -0.15) is 4.98 Å². The second-order valence-electron chi connectivity index (χ2n) is 3.74. The quantitative estimate of drug-likeness (QED) is 0.566. The van der Waals surface area contributed by atoms with Crippen LogP contribution in [0.4, 0.5) is 11.7 Å². The van der Waals surface area contributed by atoms with E-state index in [-0.39, 0.29) is 17.2 Å². The fraction of sp³-hybridized carbons (Fsp3) is 0.0909. The highest BCUT2D eigenvalue weighted by atomic mass is 16.6. The highest BCUT2D eigenvalue weighted by Gasteiger charge is 2.17. The van der Waals surface area contributed by atoms with Gasteiger partial charge in [0.25, 0.3) is 11.7 Å². The SMILES string of the molecule is O=[N+]([O-])c1cccc2oc(NCc3ccon3)nc12. The Labute approximate surface area is 106 Å². The van der Waals surface area contributed by atoms with Crippen LogP contribution in [-0.4, -0.2) is 15.1 Å². The van der Waals surface area contributed by atoms with Gasteiger partial charge in [0, 0.05) is 12.1 Å². The molecular formula is C11H8N4O4. The Hall–Kier alpha value is -2.90. The second kappa shape index (κ2) is 4.41. The van der Waals surface area contributed by atoms with Crippen molar-refractivity contribution in [1.82, 2.24) is 10.1 Å². The molecule has 0 atom stereocenters. The van der Waals surface area contributed by atoms with Crippen LogP contribution in [0.25, 0.3) is 11.1 Å². The van der Waals surface area contributed by atoms with Crippen molar-refractivity contribution in [3.63, 3.8) is 0 Å². The molecule has 0 aliphatic carbocycles. The maximum absolute atomic E-state index is 10.8. The number of nitrogens with one attached hydrogen (secondary N) is 1. The number of nitro benzene ring substituents is 1. The third kappa shape index (κ3) is 2.10. The number of non-ortho nitro benzene ring substituents is 1. The highest BCUT2D eigenvalue weighted by molar-refractivity contribution is 5.83. The molecule has 0 amide bonds. The summed E-state index contributed by atoms with van der Waals surface area (Å²) >= 11 is 0. The first kappa shape index (κ1) is 11.2. The highest BCUT2D eigenvalue weighted by Crippen LogP contribution is 2.27. The van der Waals surface area contributed by atoms with Crippen LogP contribution in [0.5, 0.6) is 0 Å². The standard InChI is InChI=1S/C11H8N4O4/c16-15(17)8-2-1-3-9-10(8)13-11(19-9)12-6-7-4-5-18-14-7/h1-5H,6H2,(H,12,13). The van der Waals surface area contributed by atoms with E-state index in [2.05, 4.69) is 20.0 Å². The topological polar surface area (TPSA) is 107 Å². The monoisotopic (exact) mass is 260 g/mol. The Morgan fingerprint density at radius 2 is 2.26 bits per heavy atom. The van der Waals surface area contributed by atoms with E-state index in [0.29, 0.717) is 17.8 Å². The van der Waals surface area contributed by atoms with E-state index in [9.17, 15) is 10.1 Å². The molecule has 3 rings (SSSR count). The molecule has 0 fully saturated rings. The lowest BCUT2D eigenvalue weighted by molar-refractivity contribution is -0.383. The maximum Gasteiger partial charge on any atom is 0.298 e. The van der Waals surface area contributed by atoms with E-state index >= 15 is 0 Å². The molecule has 8 heteroatoms. The van der Waals surface area contributed by atoms with Crippen LogP contribution in [0.3, 0.4) is 0 Å². The zero-order chi connectivity index (χ0) is 13.2. The zero-order valence-electron chi connectivity index (χ0n) is 9.57. The van der Waals surface area contributed by atoms with Gasteiger partial charge in [-0.15, -0.1) is 0 Å². The molecule has 8 nitrogen and oxygen atoms in total. The Morgan fingerprint density at radius 1 is 1.37 bits per heavy atom. The van der Waals surface area contributed by atoms with Crippen LogP contribution >= 0.6 is 0 Å². The Morgan fingerprint density at radius 3 is 3.00 bits per heavy atom. The minimum atomic E-state index is -0.494. The molecule has 0 spiro atoms. The molecule has 0 unspecified atom stereocenters. The molecule has 1 N–H and O–H groups in total. The molecule has 0 saturated heterocycles. The number of hydrogen-bond acceptors (Lipinski definition) is 7. The van der Waals surface area contributed by atoms with E-state index in [0.717, 1.165) is 0 Å². The Bertz CT molecular complexity index is 719. The second-order valence-corrected chi connectivity index (χ2v) is 3.74. The summed E-state index contributed by atoms with van der Waals surface area (Å²) in [7, 11) is 0. The van der Waals surface area contributed by atoms with Crippen molar-refractivity contribution in [3.8, 4) is 0 Å². The number of nitro groups is 1. The molecule has 0 aliphatic heterocycles. The number of rotatable bonds is 4. The van der Waals surface area contributed by atoms with Gasteiger partial charge in [0.1, 0.15) is 12.0 Å². The number of para-hydroxylation sites is 1. The molecule has 0 aliphatic rings. The zero-order valence-corrected chi connectivity index (χ0v) is 9.57. The molecular weight excluding hydrogens is 252 g/mol. The molecule has 3 aromatic rings. The lowest BCUT2D eigenvalue weighted by Crippen LogP contribution is -1.99. The van der Waals surface area contributed by atoms with Crippen molar-refractivity contribution < 1.29 is 13.9 Å². The van der Waals surface area contributed by atoms with E-state index in [1.807, 2.05) is 0 Å². The van der Waals surface area contributed by atoms with E-state index in [1.54, 1.807) is 18.2 Å². The lowest BCUT2D eigenvalue weighted by atomic mass is 10.3. The van der Waals surface area contributed by atoms with Gasteiger partial charge in [0.15, 0.2) is 11.1 Å². The predicted octanol–water partition coefficient (Wildman–Crippen LogP) is 2.34. The number of aromatic nitrogens is 2. The smallest absolute Gasteiger partial charge is 0.298 e. The van der Waals surface area contributed by atoms with Crippen LogP contribution in [0.15, 0.2) is 39.5 Å². The van der Waals surface area contributed by atoms with Crippen LogP contribution in [-0.2, 0) is 6.54 Å². The third-order valence-corrected chi connectivity index (χ3v) is 2.51. The van der Waals surface area contributed by atoms with Crippen molar-refractivity contribution in [3.05, 3.63) is 46.3 Å². The average Bonchev–Trinajstić information content (AvgIpc) is 3.04. The molecule has 2 heterocycles. The first-order valence-electron chi connectivity index (χ1n) is 5.41. The summed E-state index contributed by atoms with van der Waals surface area (Å²) in [6.07, 6.45) is 1.45. The number of benzene rings is 1. The van der Waals surface area contributed by atoms with Crippen LogP contribution in [0.2, 0.25) is 0 Å². The van der Waals surface area contributed by atoms with E-state index < -0.39 is 4.92 Å². The third-order valence-electron chi connectivity index (χ3n) is 2.51. The minimum Gasteiger partial charge on any atom is -0.423 e. The molecule has 0 radical (unpaired) electrons. The maximum atomic E-state index is 10.8. The molecule has 0 saturated carbocycles. The normalized spacial score (nSPS) is 10.7. The lowest BCUT2D eigenvalue weighted by Gasteiger charge is -1.95. The summed E-state index contributed by atoms with van der Waals surface area (Å²) in [6.45, 7) is 0.358. The first-order valence-corrected chi connectivity index (χ1v) is 5.41. The van der Waals surface area contributed by atoms with Gasteiger partial charge in [-0.3, -0.25) is 10.1 Å². The van der Waals surface area contributed by atoms with Crippen LogP contribution < -0.4 is 5.32 Å². The summed E-state index contributed by atoms with van der Waals surface area (Å²) in [5, 5.41) is 17.4. The summed E-state index contributed by atoms with van der Waals surface area (Å²) in [4.78, 5) is 14.4. The molecule has 1 aromatic carbocycles. The number of oxazole rings is 1. The molecule has 96 valence electrons. The van der Waals surface area contributed by atoms with Crippen molar-refractivity contribution in [2.45, 2.75) is 6.54 Å². The van der Waals surface area contributed by atoms with Crippen molar-refractivity contribution >= 4 is 22.8 Å². The number of nitrogens with zero attached hydrogens (tertiary/aromatic N) is 3. The van der Waals surface area contributed by atoms with E-state index in [1.165, 1.54) is 12.3 Å². The summed E-state index contributed by atoms with van der Waals surface area (Å²) in [5.41, 5.74) is 1.17. The van der Waals surface area contributed by atoms with Gasteiger partial charge in [-0.25, -0.2) is 0 Å². The number of fused-ring (bicyclic) bond motifs is 1. The van der Waals surface area contributed by atoms with Gasteiger partial charge >= 0.3 is 0 Å². The summed E-state index contributed by atoms with van der Waals surface area (Å²) in [5.74, 6) is 0. The average molecular weight is 260 g/mol. The van der Waals surface area contributed by atoms with Gasteiger partial charge in [-0.1, -0.05) is 11.2 Å².